The fourth-order valence-electron chi connectivity index (χ4n) is 3.06. The van der Waals surface area contributed by atoms with Gasteiger partial charge in [0.05, 0.1) is 6.10 Å². The van der Waals surface area contributed by atoms with Crippen LogP contribution in [0.5, 0.6) is 0 Å². The second-order valence-corrected chi connectivity index (χ2v) is 6.03. The van der Waals surface area contributed by atoms with Gasteiger partial charge in [-0.25, -0.2) is 0 Å². The molecule has 0 radical (unpaired) electrons. The summed E-state index contributed by atoms with van der Waals surface area (Å²) < 4.78 is 0. The van der Waals surface area contributed by atoms with Gasteiger partial charge in [-0.1, -0.05) is 13.8 Å². The largest absolute Gasteiger partial charge is 0.387 e. The topological polar surface area (TPSA) is 51.8 Å². The number of aliphatic hydroxyl groups is 1. The molecule has 2 aromatic heterocycles. The normalized spacial score (nSPS) is 18.8. The summed E-state index contributed by atoms with van der Waals surface area (Å²) in [5, 5.41) is 10.4. The Morgan fingerprint density at radius 2 is 2.16 bits per heavy atom. The Hall–Kier alpha value is -1.48. The van der Waals surface area contributed by atoms with E-state index in [1.165, 1.54) is 22.5 Å². The number of H-pyrrole nitrogens is 2. The summed E-state index contributed by atoms with van der Waals surface area (Å²) in [6.45, 7) is 4.44. The van der Waals surface area contributed by atoms with E-state index in [4.69, 9.17) is 0 Å². The Balaban J connectivity index is 1.90. The lowest BCUT2D eigenvalue weighted by Gasteiger charge is -2.16. The number of aliphatic hydroxyl groups excluding tert-OH is 1. The molecule has 0 spiro atoms. The fourth-order valence-corrected chi connectivity index (χ4v) is 3.06. The average Bonchev–Trinajstić information content (AvgIpc) is 2.91. The maximum Gasteiger partial charge on any atom is 0.0981 e. The summed E-state index contributed by atoms with van der Waals surface area (Å²) in [7, 11) is 0. The number of aryl methyl sites for hydroxylation is 2. The molecule has 0 amide bonds. The smallest absolute Gasteiger partial charge is 0.0981 e. The van der Waals surface area contributed by atoms with E-state index in [1.807, 2.05) is 6.20 Å². The zero-order valence-electron chi connectivity index (χ0n) is 11.7. The number of nitrogens with one attached hydrogen (secondary N) is 2. The number of hydrogen-bond acceptors (Lipinski definition) is 1. The van der Waals surface area contributed by atoms with Crippen molar-refractivity contribution in [2.24, 2.45) is 5.92 Å². The first kappa shape index (κ1) is 12.5. The van der Waals surface area contributed by atoms with Crippen LogP contribution >= 0.6 is 0 Å². The van der Waals surface area contributed by atoms with Gasteiger partial charge in [0.2, 0.25) is 0 Å². The van der Waals surface area contributed by atoms with Crippen molar-refractivity contribution in [1.29, 1.82) is 0 Å². The molecular weight excluding hydrogens is 236 g/mol. The van der Waals surface area contributed by atoms with Crippen LogP contribution in [-0.2, 0) is 25.7 Å². The Kier molecular flexibility index (Phi) is 3.23. The minimum atomic E-state index is -0.411. The third kappa shape index (κ3) is 2.47. The highest BCUT2D eigenvalue weighted by Gasteiger charge is 2.21. The number of rotatable bonds is 2. The predicted molar refractivity (Wildman–Crippen MR) is 76.2 cm³/mol. The molecule has 3 rings (SSSR count). The van der Waals surface area contributed by atoms with Gasteiger partial charge < -0.3 is 15.1 Å². The Bertz CT molecular complexity index is 565. The molecule has 0 aliphatic heterocycles. The van der Waals surface area contributed by atoms with E-state index in [1.54, 1.807) is 0 Å². The molecule has 0 saturated heterocycles. The number of aromatic nitrogens is 2. The molecular formula is C16H22N2O. The second-order valence-electron chi connectivity index (χ2n) is 6.03. The zero-order valence-corrected chi connectivity index (χ0v) is 11.7. The molecule has 3 heteroatoms. The molecule has 2 heterocycles. The van der Waals surface area contributed by atoms with Gasteiger partial charge in [0, 0.05) is 29.7 Å². The summed E-state index contributed by atoms with van der Waals surface area (Å²) in [5.41, 5.74) is 6.09. The van der Waals surface area contributed by atoms with Gasteiger partial charge in [0.1, 0.15) is 0 Å². The van der Waals surface area contributed by atoms with E-state index >= 15 is 0 Å². The molecule has 19 heavy (non-hydrogen) atoms. The maximum atomic E-state index is 10.4. The van der Waals surface area contributed by atoms with Crippen molar-refractivity contribution in [2.45, 2.75) is 45.6 Å². The lowest BCUT2D eigenvalue weighted by Crippen LogP contribution is -2.10. The van der Waals surface area contributed by atoms with Crippen molar-refractivity contribution in [2.75, 3.05) is 0 Å². The Morgan fingerprint density at radius 1 is 1.32 bits per heavy atom. The van der Waals surface area contributed by atoms with Gasteiger partial charge in [-0.05, 0) is 48.4 Å². The standard InChI is InChI=1S/C16H22N2O/c1-10(2)7-13-8-12-3-4-14-11(5-6-17-14)9-15(19)16(12)18-13/h5-6,8,10,15,17-19H,3-4,7,9H2,1-2H3. The van der Waals surface area contributed by atoms with Crippen molar-refractivity contribution >= 4 is 0 Å². The molecule has 0 fully saturated rings. The van der Waals surface area contributed by atoms with Gasteiger partial charge in [-0.15, -0.1) is 0 Å². The van der Waals surface area contributed by atoms with Crippen LogP contribution < -0.4 is 0 Å². The first-order chi connectivity index (χ1) is 9.13. The summed E-state index contributed by atoms with van der Waals surface area (Å²) in [5.74, 6) is 0.634. The van der Waals surface area contributed by atoms with Crippen LogP contribution in [0.2, 0.25) is 0 Å². The molecule has 1 aliphatic rings. The van der Waals surface area contributed by atoms with Crippen LogP contribution in [0.1, 0.15) is 48.2 Å². The van der Waals surface area contributed by atoms with Gasteiger partial charge in [-0.3, -0.25) is 0 Å². The highest BCUT2D eigenvalue weighted by Crippen LogP contribution is 2.28. The van der Waals surface area contributed by atoms with E-state index in [0.717, 1.165) is 25.0 Å². The van der Waals surface area contributed by atoms with E-state index in [0.29, 0.717) is 12.3 Å². The predicted octanol–water partition coefficient (Wildman–Crippen LogP) is 2.92. The van der Waals surface area contributed by atoms with Crippen molar-refractivity contribution in [1.82, 2.24) is 9.97 Å². The van der Waals surface area contributed by atoms with Gasteiger partial charge in [-0.2, -0.15) is 0 Å². The van der Waals surface area contributed by atoms with Crippen molar-refractivity contribution < 1.29 is 5.11 Å². The highest BCUT2D eigenvalue weighted by molar-refractivity contribution is 5.34. The second kappa shape index (κ2) is 4.89. The Morgan fingerprint density at radius 3 is 2.95 bits per heavy atom. The first-order valence-corrected chi connectivity index (χ1v) is 7.17. The van der Waals surface area contributed by atoms with Gasteiger partial charge in [0.15, 0.2) is 0 Å². The summed E-state index contributed by atoms with van der Waals surface area (Å²) >= 11 is 0. The van der Waals surface area contributed by atoms with E-state index < -0.39 is 6.10 Å². The highest BCUT2D eigenvalue weighted by atomic mass is 16.3. The molecule has 1 unspecified atom stereocenters. The SMILES string of the molecule is CC(C)Cc1cc2c([nH]1)C(O)Cc1cc[nH]c1CC2. The number of hydrogen-bond donors (Lipinski definition) is 3. The van der Waals surface area contributed by atoms with Crippen LogP contribution in [0.15, 0.2) is 18.3 Å². The van der Waals surface area contributed by atoms with E-state index in [-0.39, 0.29) is 0 Å². The first-order valence-electron chi connectivity index (χ1n) is 7.17. The van der Waals surface area contributed by atoms with Crippen molar-refractivity contribution in [3.63, 3.8) is 0 Å². The lowest BCUT2D eigenvalue weighted by atomic mass is 9.95. The molecule has 102 valence electrons. The summed E-state index contributed by atoms with van der Waals surface area (Å²) in [6.07, 6.45) is 5.33. The van der Waals surface area contributed by atoms with Crippen LogP contribution in [0.4, 0.5) is 0 Å². The number of fused-ring (bicyclic) bond motifs is 2. The molecule has 0 aromatic carbocycles. The van der Waals surface area contributed by atoms with Crippen molar-refractivity contribution in [3.8, 4) is 0 Å². The molecule has 1 aliphatic carbocycles. The summed E-state index contributed by atoms with van der Waals surface area (Å²) in [4.78, 5) is 6.74. The molecule has 0 bridgehead atoms. The third-order valence-corrected chi connectivity index (χ3v) is 3.94. The van der Waals surface area contributed by atoms with E-state index in [9.17, 15) is 5.11 Å². The Labute approximate surface area is 114 Å². The van der Waals surface area contributed by atoms with E-state index in [2.05, 4.69) is 35.9 Å². The van der Waals surface area contributed by atoms with Gasteiger partial charge in [0.25, 0.3) is 0 Å². The van der Waals surface area contributed by atoms with Crippen LogP contribution in [0.25, 0.3) is 0 Å². The maximum absolute atomic E-state index is 10.4. The number of aromatic amines is 2. The minimum absolute atomic E-state index is 0.411. The molecule has 1 atom stereocenters. The third-order valence-electron chi connectivity index (χ3n) is 3.94. The fraction of sp³-hybridized carbons (Fsp3) is 0.500. The molecule has 2 aromatic rings. The lowest BCUT2D eigenvalue weighted by molar-refractivity contribution is 0.172. The summed E-state index contributed by atoms with van der Waals surface area (Å²) in [6, 6.07) is 4.33. The van der Waals surface area contributed by atoms with Crippen LogP contribution in [0.3, 0.4) is 0 Å². The minimum Gasteiger partial charge on any atom is -0.387 e. The molecule has 3 nitrogen and oxygen atoms in total. The van der Waals surface area contributed by atoms with Crippen molar-refractivity contribution in [3.05, 3.63) is 46.5 Å². The molecule has 0 saturated carbocycles. The van der Waals surface area contributed by atoms with Gasteiger partial charge >= 0.3 is 0 Å². The molecule has 3 N–H and O–H groups in total. The average molecular weight is 258 g/mol. The quantitative estimate of drug-likeness (QED) is 0.762. The van der Waals surface area contributed by atoms with Crippen LogP contribution in [-0.4, -0.2) is 15.1 Å². The van der Waals surface area contributed by atoms with Crippen LogP contribution in [0, 0.1) is 5.92 Å². The monoisotopic (exact) mass is 258 g/mol. The zero-order chi connectivity index (χ0) is 13.4.